The molecule has 0 bridgehead atoms. The third-order valence-electron chi connectivity index (χ3n) is 2.91. The van der Waals surface area contributed by atoms with Crippen molar-refractivity contribution in [3.05, 3.63) is 24.3 Å². The van der Waals surface area contributed by atoms with Gasteiger partial charge in [0.15, 0.2) is 0 Å². The van der Waals surface area contributed by atoms with Gasteiger partial charge in [-0.2, -0.15) is 0 Å². The summed E-state index contributed by atoms with van der Waals surface area (Å²) in [5, 5.41) is 3.52. The molecule has 2 nitrogen and oxygen atoms in total. The zero-order chi connectivity index (χ0) is 10.7. The molecule has 1 aliphatic carbocycles. The van der Waals surface area contributed by atoms with E-state index in [9.17, 15) is 0 Å². The summed E-state index contributed by atoms with van der Waals surface area (Å²) in [5.74, 6) is 1.84. The van der Waals surface area contributed by atoms with Crippen LogP contribution in [-0.2, 0) is 0 Å². The van der Waals surface area contributed by atoms with E-state index < -0.39 is 0 Å². The largest absolute Gasteiger partial charge is 0.494 e. The third kappa shape index (κ3) is 2.65. The van der Waals surface area contributed by atoms with Gasteiger partial charge >= 0.3 is 0 Å². The molecule has 82 valence electrons. The number of rotatable bonds is 4. The van der Waals surface area contributed by atoms with E-state index >= 15 is 0 Å². The molecule has 0 atom stereocenters. The highest BCUT2D eigenvalue weighted by atomic mass is 16.5. The highest BCUT2D eigenvalue weighted by Crippen LogP contribution is 2.29. The van der Waals surface area contributed by atoms with E-state index in [2.05, 4.69) is 24.4 Å². The minimum absolute atomic E-state index is 0.679. The van der Waals surface area contributed by atoms with Gasteiger partial charge in [-0.25, -0.2) is 0 Å². The molecule has 0 aliphatic heterocycles. The molecule has 1 fully saturated rings. The quantitative estimate of drug-likeness (QED) is 0.814. The Morgan fingerprint density at radius 3 is 2.47 bits per heavy atom. The highest BCUT2D eigenvalue weighted by Gasteiger charge is 2.24. The Balaban J connectivity index is 1.87. The third-order valence-corrected chi connectivity index (χ3v) is 2.91. The number of hydrogen-bond acceptors (Lipinski definition) is 2. The van der Waals surface area contributed by atoms with Crippen molar-refractivity contribution in [2.45, 2.75) is 32.7 Å². The normalized spacial score (nSPS) is 24.4. The van der Waals surface area contributed by atoms with E-state index in [0.717, 1.165) is 18.3 Å². The van der Waals surface area contributed by atoms with Gasteiger partial charge in [-0.3, -0.25) is 0 Å². The summed E-state index contributed by atoms with van der Waals surface area (Å²) < 4.78 is 5.40. The Bertz CT molecular complexity index is 301. The van der Waals surface area contributed by atoms with E-state index in [1.807, 2.05) is 19.1 Å². The fourth-order valence-corrected chi connectivity index (χ4v) is 2.07. The molecular weight excluding hydrogens is 186 g/mol. The predicted molar refractivity (Wildman–Crippen MR) is 63.4 cm³/mol. The van der Waals surface area contributed by atoms with Crippen molar-refractivity contribution < 1.29 is 4.74 Å². The van der Waals surface area contributed by atoms with Crippen LogP contribution in [-0.4, -0.2) is 12.6 Å². The lowest BCUT2D eigenvalue weighted by Crippen LogP contribution is -2.33. The second-order valence-corrected chi connectivity index (χ2v) is 4.38. The molecule has 0 heterocycles. The van der Waals surface area contributed by atoms with Crippen molar-refractivity contribution in [2.24, 2.45) is 5.92 Å². The van der Waals surface area contributed by atoms with Crippen LogP contribution in [0.15, 0.2) is 24.3 Å². The molecule has 1 N–H and O–H groups in total. The molecule has 15 heavy (non-hydrogen) atoms. The monoisotopic (exact) mass is 205 g/mol. The van der Waals surface area contributed by atoms with Crippen molar-refractivity contribution in [2.75, 3.05) is 11.9 Å². The topological polar surface area (TPSA) is 21.3 Å². The smallest absolute Gasteiger partial charge is 0.119 e. The van der Waals surface area contributed by atoms with Gasteiger partial charge in [0.1, 0.15) is 5.75 Å². The van der Waals surface area contributed by atoms with Gasteiger partial charge in [-0.15, -0.1) is 0 Å². The number of ether oxygens (including phenoxy) is 1. The van der Waals surface area contributed by atoms with Gasteiger partial charge in [0.25, 0.3) is 0 Å². The Hall–Kier alpha value is -1.18. The maximum absolute atomic E-state index is 5.40. The van der Waals surface area contributed by atoms with Crippen LogP contribution in [0.3, 0.4) is 0 Å². The molecule has 0 radical (unpaired) electrons. The summed E-state index contributed by atoms with van der Waals surface area (Å²) in [7, 11) is 0. The Labute approximate surface area is 91.6 Å². The van der Waals surface area contributed by atoms with E-state index in [0.29, 0.717) is 6.04 Å². The summed E-state index contributed by atoms with van der Waals surface area (Å²) >= 11 is 0. The van der Waals surface area contributed by atoms with Crippen LogP contribution in [0.5, 0.6) is 5.75 Å². The molecule has 1 aromatic rings. The van der Waals surface area contributed by atoms with E-state index in [1.54, 1.807) is 0 Å². The summed E-state index contributed by atoms with van der Waals surface area (Å²) in [6.45, 7) is 5.03. The van der Waals surface area contributed by atoms with Gasteiger partial charge in [-0.05, 0) is 49.9 Å². The van der Waals surface area contributed by atoms with Crippen LogP contribution in [0.25, 0.3) is 0 Å². The van der Waals surface area contributed by atoms with E-state index in [1.165, 1.54) is 18.5 Å². The lowest BCUT2D eigenvalue weighted by molar-refractivity contribution is 0.309. The van der Waals surface area contributed by atoms with Crippen LogP contribution in [0.4, 0.5) is 5.69 Å². The average Bonchev–Trinajstić information content (AvgIpc) is 2.19. The zero-order valence-corrected chi connectivity index (χ0v) is 9.49. The lowest BCUT2D eigenvalue weighted by Gasteiger charge is -2.34. The number of nitrogens with one attached hydrogen (secondary N) is 1. The number of anilines is 1. The van der Waals surface area contributed by atoms with Gasteiger partial charge in [0.2, 0.25) is 0 Å². The van der Waals surface area contributed by atoms with Gasteiger partial charge in [0.05, 0.1) is 6.61 Å². The first-order valence-electron chi connectivity index (χ1n) is 5.77. The molecule has 1 saturated carbocycles. The van der Waals surface area contributed by atoms with Crippen LogP contribution < -0.4 is 10.1 Å². The molecule has 2 heteroatoms. The van der Waals surface area contributed by atoms with Crippen LogP contribution in [0, 0.1) is 5.92 Å². The number of benzene rings is 1. The van der Waals surface area contributed by atoms with Crippen LogP contribution in [0.2, 0.25) is 0 Å². The minimum Gasteiger partial charge on any atom is -0.494 e. The molecule has 0 aromatic heterocycles. The highest BCUT2D eigenvalue weighted by molar-refractivity contribution is 5.47. The number of hydrogen-bond donors (Lipinski definition) is 1. The minimum atomic E-state index is 0.679. The first-order chi connectivity index (χ1) is 7.28. The molecule has 0 amide bonds. The maximum atomic E-state index is 5.40. The first-order valence-corrected chi connectivity index (χ1v) is 5.77. The van der Waals surface area contributed by atoms with Crippen molar-refractivity contribution in [1.29, 1.82) is 0 Å². The van der Waals surface area contributed by atoms with Crippen molar-refractivity contribution >= 4 is 5.69 Å². The van der Waals surface area contributed by atoms with Gasteiger partial charge in [-0.1, -0.05) is 6.92 Å². The van der Waals surface area contributed by atoms with Crippen molar-refractivity contribution in [3.63, 3.8) is 0 Å². The molecule has 0 spiro atoms. The average molecular weight is 205 g/mol. The summed E-state index contributed by atoms with van der Waals surface area (Å²) in [5.41, 5.74) is 1.20. The molecule has 1 aliphatic rings. The fraction of sp³-hybridized carbons (Fsp3) is 0.538. The zero-order valence-electron chi connectivity index (χ0n) is 9.49. The molecular formula is C13H19NO. The standard InChI is InChI=1S/C13H19NO/c1-3-15-13-6-4-11(5-7-13)14-12-8-10(2)9-12/h4-7,10,12,14H,3,8-9H2,1-2H3. The van der Waals surface area contributed by atoms with Gasteiger partial charge in [0, 0.05) is 11.7 Å². The molecule has 0 saturated heterocycles. The van der Waals surface area contributed by atoms with Crippen LogP contribution in [0.1, 0.15) is 26.7 Å². The molecule has 1 aromatic carbocycles. The Morgan fingerprint density at radius 1 is 1.27 bits per heavy atom. The summed E-state index contributed by atoms with van der Waals surface area (Å²) in [6, 6.07) is 8.90. The van der Waals surface area contributed by atoms with Crippen LogP contribution >= 0.6 is 0 Å². The summed E-state index contributed by atoms with van der Waals surface area (Å²) in [4.78, 5) is 0. The van der Waals surface area contributed by atoms with E-state index in [4.69, 9.17) is 4.74 Å². The maximum Gasteiger partial charge on any atom is 0.119 e. The fourth-order valence-electron chi connectivity index (χ4n) is 2.07. The molecule has 0 unspecified atom stereocenters. The second-order valence-electron chi connectivity index (χ2n) is 4.38. The molecule has 2 rings (SSSR count). The summed E-state index contributed by atoms with van der Waals surface area (Å²) in [6.07, 6.45) is 2.60. The van der Waals surface area contributed by atoms with Crippen molar-refractivity contribution in [1.82, 2.24) is 0 Å². The predicted octanol–water partition coefficient (Wildman–Crippen LogP) is 3.30. The Morgan fingerprint density at radius 2 is 1.93 bits per heavy atom. The lowest BCUT2D eigenvalue weighted by atomic mass is 9.82. The van der Waals surface area contributed by atoms with Gasteiger partial charge < -0.3 is 10.1 Å². The van der Waals surface area contributed by atoms with E-state index in [-0.39, 0.29) is 0 Å². The SMILES string of the molecule is CCOc1ccc(NC2CC(C)C2)cc1. The second kappa shape index (κ2) is 4.56. The van der Waals surface area contributed by atoms with Crippen molar-refractivity contribution in [3.8, 4) is 5.75 Å². The Kier molecular flexibility index (Phi) is 3.14. The first kappa shape index (κ1) is 10.3.